The lowest BCUT2D eigenvalue weighted by Gasteiger charge is -2.17. The summed E-state index contributed by atoms with van der Waals surface area (Å²) in [7, 11) is 1.57. The summed E-state index contributed by atoms with van der Waals surface area (Å²) >= 11 is 5.54. The van der Waals surface area contributed by atoms with Gasteiger partial charge in [0.05, 0.1) is 22.1 Å². The van der Waals surface area contributed by atoms with E-state index in [1.165, 1.54) is 23.1 Å². The van der Waals surface area contributed by atoms with E-state index in [0.29, 0.717) is 5.56 Å². The molecule has 0 aliphatic rings. The van der Waals surface area contributed by atoms with Crippen LogP contribution in [-0.2, 0) is 17.5 Å². The molecule has 0 saturated carbocycles. The van der Waals surface area contributed by atoms with Crippen molar-refractivity contribution in [2.24, 2.45) is 0 Å². The van der Waals surface area contributed by atoms with Crippen LogP contribution in [-0.4, -0.2) is 29.3 Å². The van der Waals surface area contributed by atoms with Crippen LogP contribution >= 0.6 is 11.6 Å². The predicted octanol–water partition coefficient (Wildman–Crippen LogP) is 4.34. The van der Waals surface area contributed by atoms with Crippen LogP contribution in [0.1, 0.15) is 11.1 Å². The van der Waals surface area contributed by atoms with Crippen LogP contribution in [0.25, 0.3) is 0 Å². The number of hydrogen-bond donors (Lipinski definition) is 1. The van der Waals surface area contributed by atoms with Gasteiger partial charge in [0.25, 0.3) is 5.69 Å². The molecule has 10 heteroatoms. The number of carbonyl (C=O) groups excluding carboxylic acids is 1. The third kappa shape index (κ3) is 5.66. The Morgan fingerprint density at radius 1 is 1.26 bits per heavy atom. The average Bonchev–Trinajstić information content (AvgIpc) is 2.55. The van der Waals surface area contributed by atoms with Crippen LogP contribution in [0.2, 0.25) is 5.02 Å². The minimum absolute atomic E-state index is 0.0455. The van der Waals surface area contributed by atoms with Gasteiger partial charge in [0.15, 0.2) is 0 Å². The molecule has 0 saturated heterocycles. The van der Waals surface area contributed by atoms with Crippen LogP contribution < -0.4 is 5.32 Å². The van der Waals surface area contributed by atoms with E-state index in [4.69, 9.17) is 11.6 Å². The van der Waals surface area contributed by atoms with E-state index in [9.17, 15) is 28.1 Å². The summed E-state index contributed by atoms with van der Waals surface area (Å²) in [6.45, 7) is -0.0466. The van der Waals surface area contributed by atoms with Crippen LogP contribution in [0.4, 0.5) is 24.5 Å². The summed E-state index contributed by atoms with van der Waals surface area (Å²) in [5.41, 5.74) is -0.744. The zero-order valence-electron chi connectivity index (χ0n) is 14.1. The fourth-order valence-corrected chi connectivity index (χ4v) is 2.66. The molecule has 0 radical (unpaired) electrons. The normalized spacial score (nSPS) is 11.5. The molecule has 0 aliphatic carbocycles. The number of amides is 1. The molecule has 2 aromatic rings. The van der Waals surface area contributed by atoms with Gasteiger partial charge < -0.3 is 5.32 Å². The number of nitro groups is 1. The maximum atomic E-state index is 12.9. The summed E-state index contributed by atoms with van der Waals surface area (Å²) in [4.78, 5) is 24.1. The Balaban J connectivity index is 2.03. The lowest BCUT2D eigenvalue weighted by atomic mass is 10.1. The number of rotatable bonds is 6. The van der Waals surface area contributed by atoms with Gasteiger partial charge in [-0.25, -0.2) is 0 Å². The Kier molecular flexibility index (Phi) is 6.40. The molecule has 2 rings (SSSR count). The molecule has 0 aliphatic heterocycles. The van der Waals surface area contributed by atoms with Crippen LogP contribution in [0.15, 0.2) is 42.5 Å². The molecule has 27 heavy (non-hydrogen) atoms. The van der Waals surface area contributed by atoms with Crippen molar-refractivity contribution in [2.75, 3.05) is 18.9 Å². The largest absolute Gasteiger partial charge is 0.417 e. The van der Waals surface area contributed by atoms with Crippen LogP contribution in [0, 0.1) is 10.1 Å². The smallest absolute Gasteiger partial charge is 0.325 e. The third-order valence-electron chi connectivity index (χ3n) is 3.60. The number of hydrogen-bond acceptors (Lipinski definition) is 4. The summed E-state index contributed by atoms with van der Waals surface area (Å²) in [6, 6.07) is 9.17. The third-order valence-corrected chi connectivity index (χ3v) is 3.93. The Labute approximate surface area is 157 Å². The van der Waals surface area contributed by atoms with Gasteiger partial charge in [-0.2, -0.15) is 13.2 Å². The second-order valence-corrected chi connectivity index (χ2v) is 6.21. The number of nitrogens with one attached hydrogen (secondary N) is 1. The first-order valence-electron chi connectivity index (χ1n) is 7.65. The highest BCUT2D eigenvalue weighted by atomic mass is 35.5. The topological polar surface area (TPSA) is 75.5 Å². The maximum Gasteiger partial charge on any atom is 0.417 e. The van der Waals surface area contributed by atoms with Crippen molar-refractivity contribution in [1.29, 1.82) is 0 Å². The molecule has 1 amide bonds. The molecule has 1 N–H and O–H groups in total. The molecule has 0 unspecified atom stereocenters. The standard InChI is InChI=1S/C17H15ClF3N3O3/c1-23(9-11-4-2-3-5-15(11)24(26)27)10-16(25)22-12-6-7-14(18)13(8-12)17(19,20)21/h2-8H,9-10H2,1H3,(H,22,25). The Morgan fingerprint density at radius 2 is 1.93 bits per heavy atom. The molecule has 0 aromatic heterocycles. The Hall–Kier alpha value is -2.65. The average molecular weight is 402 g/mol. The minimum Gasteiger partial charge on any atom is -0.325 e. The van der Waals surface area contributed by atoms with Gasteiger partial charge in [-0.3, -0.25) is 19.8 Å². The molecule has 0 spiro atoms. The lowest BCUT2D eigenvalue weighted by Crippen LogP contribution is -2.30. The fraction of sp³-hybridized carbons (Fsp3) is 0.235. The molecular formula is C17H15ClF3N3O3. The molecule has 6 nitrogen and oxygen atoms in total. The number of nitrogens with zero attached hydrogens (tertiary/aromatic N) is 2. The van der Waals surface area contributed by atoms with Crippen LogP contribution in [0.5, 0.6) is 0 Å². The van der Waals surface area contributed by atoms with Crippen molar-refractivity contribution in [2.45, 2.75) is 12.7 Å². The molecule has 0 bridgehead atoms. The zero-order valence-corrected chi connectivity index (χ0v) is 14.8. The number of alkyl halides is 3. The van der Waals surface area contributed by atoms with E-state index in [1.54, 1.807) is 19.2 Å². The van der Waals surface area contributed by atoms with Gasteiger partial charge in [0.2, 0.25) is 5.91 Å². The van der Waals surface area contributed by atoms with Crippen molar-refractivity contribution in [1.82, 2.24) is 4.90 Å². The first-order valence-corrected chi connectivity index (χ1v) is 8.03. The van der Waals surface area contributed by atoms with Crippen molar-refractivity contribution in [3.63, 3.8) is 0 Å². The van der Waals surface area contributed by atoms with Crippen molar-refractivity contribution in [3.05, 3.63) is 68.7 Å². The summed E-state index contributed by atoms with van der Waals surface area (Å²) in [6.07, 6.45) is -4.64. The second kappa shape index (κ2) is 8.36. The van der Waals surface area contributed by atoms with Gasteiger partial charge in [-0.15, -0.1) is 0 Å². The quantitative estimate of drug-likeness (QED) is 0.577. The molecule has 0 heterocycles. The van der Waals surface area contributed by atoms with Crippen molar-refractivity contribution in [3.8, 4) is 0 Å². The Morgan fingerprint density at radius 3 is 2.56 bits per heavy atom. The van der Waals surface area contributed by atoms with Gasteiger partial charge in [0.1, 0.15) is 0 Å². The Bertz CT molecular complexity index is 859. The SMILES string of the molecule is CN(CC(=O)Nc1ccc(Cl)c(C(F)(F)F)c1)Cc1ccccc1[N+](=O)[O-]. The number of likely N-dealkylation sites (N-methyl/N-ethyl adjacent to an activating group) is 1. The monoisotopic (exact) mass is 401 g/mol. The number of benzene rings is 2. The van der Waals surface area contributed by atoms with E-state index < -0.39 is 27.6 Å². The predicted molar refractivity (Wildman–Crippen MR) is 94.5 cm³/mol. The lowest BCUT2D eigenvalue weighted by molar-refractivity contribution is -0.385. The van der Waals surface area contributed by atoms with Crippen molar-refractivity contribution < 1.29 is 22.9 Å². The van der Waals surface area contributed by atoms with Crippen LogP contribution in [0.3, 0.4) is 0 Å². The number of carbonyl (C=O) groups is 1. The van der Waals surface area contributed by atoms with Crippen molar-refractivity contribution >= 4 is 28.9 Å². The first kappa shape index (κ1) is 20.7. The zero-order chi connectivity index (χ0) is 20.2. The molecule has 0 fully saturated rings. The number of nitro benzene ring substituents is 1. The van der Waals surface area contributed by atoms with E-state index in [1.807, 2.05) is 0 Å². The first-order chi connectivity index (χ1) is 12.6. The minimum atomic E-state index is -4.64. The summed E-state index contributed by atoms with van der Waals surface area (Å²) < 4.78 is 38.6. The van der Waals surface area contributed by atoms with E-state index >= 15 is 0 Å². The van der Waals surface area contributed by atoms with Gasteiger partial charge >= 0.3 is 6.18 Å². The van der Waals surface area contributed by atoms with E-state index in [-0.39, 0.29) is 24.5 Å². The van der Waals surface area contributed by atoms with E-state index in [2.05, 4.69) is 5.32 Å². The molecule has 2 aromatic carbocycles. The summed E-state index contributed by atoms with van der Waals surface area (Å²) in [5.74, 6) is -0.563. The molecule has 0 atom stereocenters. The maximum absolute atomic E-state index is 12.9. The highest BCUT2D eigenvalue weighted by Gasteiger charge is 2.33. The highest BCUT2D eigenvalue weighted by molar-refractivity contribution is 6.31. The highest BCUT2D eigenvalue weighted by Crippen LogP contribution is 2.36. The van der Waals surface area contributed by atoms with Gasteiger partial charge in [-0.05, 0) is 25.2 Å². The number of halogens is 4. The number of para-hydroxylation sites is 1. The number of anilines is 1. The molecular weight excluding hydrogens is 387 g/mol. The molecule has 144 valence electrons. The summed E-state index contributed by atoms with van der Waals surface area (Å²) in [5, 5.41) is 12.9. The van der Waals surface area contributed by atoms with E-state index in [0.717, 1.165) is 12.1 Å². The van der Waals surface area contributed by atoms with Gasteiger partial charge in [-0.1, -0.05) is 29.8 Å². The fourth-order valence-electron chi connectivity index (χ4n) is 2.44. The van der Waals surface area contributed by atoms with Gasteiger partial charge in [0, 0.05) is 23.9 Å². The second-order valence-electron chi connectivity index (χ2n) is 5.80.